The normalized spacial score (nSPS) is 24.7. The van der Waals surface area contributed by atoms with E-state index in [1.54, 1.807) is 13.0 Å². The van der Waals surface area contributed by atoms with E-state index >= 15 is 0 Å². The van der Waals surface area contributed by atoms with Gasteiger partial charge >= 0.3 is 5.97 Å². The smallest absolute Gasteiger partial charge is 0.330 e. The third-order valence-corrected chi connectivity index (χ3v) is 5.30. The highest BCUT2D eigenvalue weighted by molar-refractivity contribution is 6.02. The molecule has 1 aromatic carbocycles. The van der Waals surface area contributed by atoms with Crippen molar-refractivity contribution >= 4 is 23.4 Å². The van der Waals surface area contributed by atoms with Gasteiger partial charge in [-0.05, 0) is 37.6 Å². The van der Waals surface area contributed by atoms with Crippen molar-refractivity contribution in [3.8, 4) is 0 Å². The Kier molecular flexibility index (Phi) is 4.44. The Morgan fingerprint density at radius 3 is 2.50 bits per heavy atom. The van der Waals surface area contributed by atoms with E-state index < -0.39 is 11.5 Å². The summed E-state index contributed by atoms with van der Waals surface area (Å²) in [7, 11) is 0. The number of aliphatic carboxylic acids is 1. The van der Waals surface area contributed by atoms with Crippen molar-refractivity contribution in [1.82, 2.24) is 4.98 Å². The maximum atomic E-state index is 12.4. The molecule has 2 heterocycles. The maximum absolute atomic E-state index is 12.4. The van der Waals surface area contributed by atoms with Crippen LogP contribution in [0.4, 0.5) is 11.5 Å². The Hall–Kier alpha value is -2.89. The van der Waals surface area contributed by atoms with Gasteiger partial charge in [0.05, 0.1) is 11.7 Å². The van der Waals surface area contributed by atoms with Gasteiger partial charge in [0.1, 0.15) is 11.4 Å². The number of carbonyl (C=O) groups excluding carboxylic acids is 1. The van der Waals surface area contributed by atoms with Gasteiger partial charge in [-0.1, -0.05) is 31.2 Å². The first kappa shape index (κ1) is 17.9. The number of nitrogens with one attached hydrogen (secondary N) is 1. The summed E-state index contributed by atoms with van der Waals surface area (Å²) in [6.07, 6.45) is 0. The first-order valence-electron chi connectivity index (χ1n) is 8.60. The van der Waals surface area contributed by atoms with Crippen LogP contribution in [0.3, 0.4) is 0 Å². The van der Waals surface area contributed by atoms with E-state index in [0.717, 1.165) is 11.3 Å². The number of para-hydroxylation sites is 1. The van der Waals surface area contributed by atoms with Crippen LogP contribution in [0.1, 0.15) is 38.1 Å². The maximum Gasteiger partial charge on any atom is 0.330 e. The zero-order chi connectivity index (χ0) is 19.1. The zero-order valence-electron chi connectivity index (χ0n) is 15.4. The van der Waals surface area contributed by atoms with Crippen molar-refractivity contribution in [3.63, 3.8) is 0 Å². The average molecular weight is 353 g/mol. The molecule has 136 valence electrons. The lowest BCUT2D eigenvalue weighted by molar-refractivity contribution is -0.147. The summed E-state index contributed by atoms with van der Waals surface area (Å²) in [5.41, 5.74) is 1.00. The average Bonchev–Trinajstić information content (AvgIpc) is 2.58. The molecule has 26 heavy (non-hydrogen) atoms. The van der Waals surface area contributed by atoms with E-state index in [1.165, 1.54) is 11.8 Å². The van der Waals surface area contributed by atoms with Crippen LogP contribution in [0, 0.1) is 12.8 Å². The van der Waals surface area contributed by atoms with Gasteiger partial charge in [0.25, 0.3) is 0 Å². The topological polar surface area (TPSA) is 82.5 Å². The van der Waals surface area contributed by atoms with Gasteiger partial charge in [-0.25, -0.2) is 9.78 Å². The van der Waals surface area contributed by atoms with Gasteiger partial charge < -0.3 is 10.4 Å². The van der Waals surface area contributed by atoms with Crippen molar-refractivity contribution in [2.45, 2.75) is 39.3 Å². The SMILES string of the molecule is CC(=O)N1c2ccccc2C(Nc2cccc(C)n2)C(C)C1(C)C(=O)O. The van der Waals surface area contributed by atoms with Gasteiger partial charge in [0, 0.05) is 18.5 Å². The number of anilines is 2. The first-order chi connectivity index (χ1) is 12.3. The molecule has 1 aliphatic rings. The second-order valence-corrected chi connectivity index (χ2v) is 6.94. The van der Waals surface area contributed by atoms with Crippen LogP contribution in [-0.2, 0) is 9.59 Å². The number of pyridine rings is 1. The Balaban J connectivity index is 2.16. The van der Waals surface area contributed by atoms with E-state index in [1.807, 2.05) is 50.2 Å². The predicted octanol–water partition coefficient (Wildman–Crippen LogP) is 3.39. The number of nitrogens with zero attached hydrogens (tertiary/aromatic N) is 2. The lowest BCUT2D eigenvalue weighted by atomic mass is 9.73. The van der Waals surface area contributed by atoms with Crippen LogP contribution < -0.4 is 10.2 Å². The fourth-order valence-corrected chi connectivity index (χ4v) is 3.77. The van der Waals surface area contributed by atoms with Crippen LogP contribution in [0.5, 0.6) is 0 Å². The molecular formula is C20H23N3O3. The molecule has 0 fully saturated rings. The predicted molar refractivity (Wildman–Crippen MR) is 100 cm³/mol. The lowest BCUT2D eigenvalue weighted by Gasteiger charge is -2.50. The summed E-state index contributed by atoms with van der Waals surface area (Å²) < 4.78 is 0. The number of amides is 1. The molecule has 6 heteroatoms. The van der Waals surface area contributed by atoms with Gasteiger partial charge in [-0.2, -0.15) is 0 Å². The molecule has 2 aromatic rings. The van der Waals surface area contributed by atoms with E-state index in [-0.39, 0.29) is 17.9 Å². The monoisotopic (exact) mass is 353 g/mol. The van der Waals surface area contributed by atoms with Crippen LogP contribution >= 0.6 is 0 Å². The highest BCUT2D eigenvalue weighted by Gasteiger charge is 2.54. The number of carboxylic acids is 1. The van der Waals surface area contributed by atoms with Gasteiger partial charge in [0.2, 0.25) is 5.91 Å². The summed E-state index contributed by atoms with van der Waals surface area (Å²) in [5, 5.41) is 13.4. The molecule has 1 amide bonds. The molecule has 1 aromatic heterocycles. The Bertz CT molecular complexity index is 867. The Labute approximate surface area is 152 Å². The standard InChI is InChI=1S/C20H23N3O3/c1-12-8-7-11-17(21-12)22-18-13(2)20(4,19(25)26)23(14(3)24)16-10-6-5-9-15(16)18/h5-11,13,18H,1-4H3,(H,21,22)(H,25,26). The number of benzene rings is 1. The molecule has 6 nitrogen and oxygen atoms in total. The minimum Gasteiger partial charge on any atom is -0.479 e. The molecule has 3 rings (SSSR count). The summed E-state index contributed by atoms with van der Waals surface area (Å²) in [4.78, 5) is 30.5. The minimum absolute atomic E-state index is 0.290. The molecule has 0 saturated heterocycles. The molecule has 0 saturated carbocycles. The molecule has 0 radical (unpaired) electrons. The number of hydrogen-bond acceptors (Lipinski definition) is 4. The van der Waals surface area contributed by atoms with Crippen LogP contribution in [-0.4, -0.2) is 27.5 Å². The van der Waals surface area contributed by atoms with Crippen LogP contribution in [0.15, 0.2) is 42.5 Å². The van der Waals surface area contributed by atoms with E-state index in [2.05, 4.69) is 10.3 Å². The second-order valence-electron chi connectivity index (χ2n) is 6.94. The van der Waals surface area contributed by atoms with E-state index in [4.69, 9.17) is 0 Å². The molecule has 1 aliphatic heterocycles. The lowest BCUT2D eigenvalue weighted by Crippen LogP contribution is -2.63. The molecule has 0 bridgehead atoms. The fraction of sp³-hybridized carbons (Fsp3) is 0.350. The molecule has 3 atom stereocenters. The van der Waals surface area contributed by atoms with Gasteiger partial charge in [-0.3, -0.25) is 9.69 Å². The van der Waals surface area contributed by atoms with Crippen LogP contribution in [0.25, 0.3) is 0 Å². The summed E-state index contributed by atoms with van der Waals surface area (Å²) in [5.74, 6) is -1.03. The highest BCUT2D eigenvalue weighted by atomic mass is 16.4. The fourth-order valence-electron chi connectivity index (χ4n) is 3.77. The zero-order valence-corrected chi connectivity index (χ0v) is 15.4. The van der Waals surface area contributed by atoms with Crippen molar-refractivity contribution in [2.75, 3.05) is 10.2 Å². The minimum atomic E-state index is -1.37. The summed E-state index contributed by atoms with van der Waals surface area (Å²) in [6, 6.07) is 12.8. The molecule has 0 spiro atoms. The summed E-state index contributed by atoms with van der Waals surface area (Å²) in [6.45, 7) is 6.77. The first-order valence-corrected chi connectivity index (χ1v) is 8.60. The molecular weight excluding hydrogens is 330 g/mol. The number of aryl methyl sites for hydroxylation is 1. The second kappa shape index (κ2) is 6.44. The third kappa shape index (κ3) is 2.71. The van der Waals surface area contributed by atoms with Gasteiger partial charge in [0.15, 0.2) is 0 Å². The Morgan fingerprint density at radius 2 is 1.88 bits per heavy atom. The number of carbonyl (C=O) groups is 2. The number of carboxylic acid groups (broad SMARTS) is 1. The van der Waals surface area contributed by atoms with Gasteiger partial charge in [-0.15, -0.1) is 0 Å². The van der Waals surface area contributed by atoms with Crippen molar-refractivity contribution < 1.29 is 14.7 Å². The number of rotatable bonds is 3. The highest BCUT2D eigenvalue weighted by Crippen LogP contribution is 2.47. The third-order valence-electron chi connectivity index (χ3n) is 5.30. The van der Waals surface area contributed by atoms with Crippen LogP contribution in [0.2, 0.25) is 0 Å². The van der Waals surface area contributed by atoms with Crippen molar-refractivity contribution in [3.05, 3.63) is 53.7 Å². The molecule has 0 aliphatic carbocycles. The summed E-state index contributed by atoms with van der Waals surface area (Å²) >= 11 is 0. The molecule has 3 unspecified atom stereocenters. The van der Waals surface area contributed by atoms with Crippen molar-refractivity contribution in [1.29, 1.82) is 0 Å². The number of fused-ring (bicyclic) bond motifs is 1. The molecule has 2 N–H and O–H groups in total. The number of aromatic nitrogens is 1. The van der Waals surface area contributed by atoms with E-state index in [9.17, 15) is 14.7 Å². The number of hydrogen-bond donors (Lipinski definition) is 2. The quantitative estimate of drug-likeness (QED) is 0.884. The van der Waals surface area contributed by atoms with E-state index in [0.29, 0.717) is 11.5 Å². The Morgan fingerprint density at radius 1 is 1.19 bits per heavy atom. The largest absolute Gasteiger partial charge is 0.479 e. The van der Waals surface area contributed by atoms with Crippen molar-refractivity contribution in [2.24, 2.45) is 5.92 Å².